The Morgan fingerprint density at radius 2 is 1.32 bits per heavy atom. The second-order valence-electron chi connectivity index (χ2n) is 8.86. The molecule has 0 saturated carbocycles. The SMILES string of the molecule is C[C@@H]1C[C@@H](OC(=O)c2ccc(Br)cc2)C(OC(=O)c2ccc(Br)cc2)CCC(=O)O[C@H](C)C/C=C/C(=O)O1. The molecule has 0 amide bonds. The molecule has 2 aromatic carbocycles. The van der Waals surface area contributed by atoms with E-state index in [4.69, 9.17) is 18.9 Å². The molecular weight excluding hydrogens is 624 g/mol. The molecule has 0 aliphatic carbocycles. The van der Waals surface area contributed by atoms with Gasteiger partial charge in [0.25, 0.3) is 0 Å². The molecule has 0 saturated heterocycles. The van der Waals surface area contributed by atoms with E-state index in [1.54, 1.807) is 68.5 Å². The predicted octanol–water partition coefficient (Wildman–Crippen LogP) is 5.96. The number of carbonyl (C=O) groups excluding carboxylic acids is 4. The van der Waals surface area contributed by atoms with Crippen molar-refractivity contribution < 1.29 is 38.1 Å². The van der Waals surface area contributed by atoms with E-state index in [0.717, 1.165) is 8.95 Å². The molecule has 1 aliphatic rings. The van der Waals surface area contributed by atoms with Crippen molar-refractivity contribution in [1.82, 2.24) is 0 Å². The second kappa shape index (κ2) is 14.2. The van der Waals surface area contributed by atoms with Gasteiger partial charge in [-0.15, -0.1) is 0 Å². The summed E-state index contributed by atoms with van der Waals surface area (Å²) in [5.41, 5.74) is 0.567. The zero-order valence-corrected chi connectivity index (χ0v) is 24.1. The van der Waals surface area contributed by atoms with Crippen molar-refractivity contribution >= 4 is 55.7 Å². The van der Waals surface area contributed by atoms with Crippen LogP contribution in [0.3, 0.4) is 0 Å². The fourth-order valence-electron chi connectivity index (χ4n) is 3.74. The van der Waals surface area contributed by atoms with Gasteiger partial charge in [-0.2, -0.15) is 0 Å². The zero-order chi connectivity index (χ0) is 27.7. The predicted molar refractivity (Wildman–Crippen MR) is 145 cm³/mol. The maximum absolute atomic E-state index is 13.0. The summed E-state index contributed by atoms with van der Waals surface area (Å²) in [7, 11) is 0. The number of benzene rings is 2. The summed E-state index contributed by atoms with van der Waals surface area (Å²) >= 11 is 6.66. The van der Waals surface area contributed by atoms with Crippen LogP contribution in [0.4, 0.5) is 0 Å². The Bertz CT molecular complexity index is 1160. The number of halogens is 2. The van der Waals surface area contributed by atoms with E-state index in [1.165, 1.54) is 6.08 Å². The topological polar surface area (TPSA) is 105 Å². The van der Waals surface area contributed by atoms with Crippen molar-refractivity contribution in [3.8, 4) is 0 Å². The molecule has 2 aromatic rings. The lowest BCUT2D eigenvalue weighted by atomic mass is 10.0. The van der Waals surface area contributed by atoms with Gasteiger partial charge in [0, 0.05) is 34.3 Å². The quantitative estimate of drug-likeness (QED) is 0.295. The smallest absolute Gasteiger partial charge is 0.338 e. The van der Waals surface area contributed by atoms with Gasteiger partial charge in [0.2, 0.25) is 0 Å². The number of cyclic esters (lactones) is 2. The molecule has 4 atom stereocenters. The van der Waals surface area contributed by atoms with Gasteiger partial charge in [0.1, 0.15) is 24.4 Å². The van der Waals surface area contributed by atoms with E-state index in [9.17, 15) is 19.2 Å². The molecule has 0 spiro atoms. The Labute approximate surface area is 237 Å². The van der Waals surface area contributed by atoms with Gasteiger partial charge >= 0.3 is 23.9 Å². The van der Waals surface area contributed by atoms with Crippen LogP contribution in [0.5, 0.6) is 0 Å². The van der Waals surface area contributed by atoms with Gasteiger partial charge in [-0.25, -0.2) is 14.4 Å². The number of hydrogen-bond donors (Lipinski definition) is 0. The first-order valence-corrected chi connectivity index (χ1v) is 13.7. The summed E-state index contributed by atoms with van der Waals surface area (Å²) in [6.07, 6.45) is -0.0324. The highest BCUT2D eigenvalue weighted by molar-refractivity contribution is 9.10. The molecule has 3 rings (SSSR count). The fraction of sp³-hybridized carbons (Fsp3) is 0.357. The average molecular weight is 652 g/mol. The van der Waals surface area contributed by atoms with Gasteiger partial charge in [-0.05, 0) is 68.8 Å². The first-order chi connectivity index (χ1) is 18.1. The molecule has 0 aromatic heterocycles. The largest absolute Gasteiger partial charge is 0.462 e. The molecule has 1 unspecified atom stereocenters. The van der Waals surface area contributed by atoms with Crippen molar-refractivity contribution in [1.29, 1.82) is 0 Å². The molecular formula is C28H28Br2O8. The van der Waals surface area contributed by atoms with Crippen molar-refractivity contribution in [3.63, 3.8) is 0 Å². The maximum Gasteiger partial charge on any atom is 0.338 e. The third-order valence-electron chi connectivity index (χ3n) is 5.66. The molecule has 0 bridgehead atoms. The Hall–Kier alpha value is -2.98. The highest BCUT2D eigenvalue weighted by atomic mass is 79.9. The monoisotopic (exact) mass is 650 g/mol. The van der Waals surface area contributed by atoms with Crippen LogP contribution < -0.4 is 0 Å². The molecule has 0 fully saturated rings. The van der Waals surface area contributed by atoms with Crippen LogP contribution in [-0.4, -0.2) is 48.3 Å². The van der Waals surface area contributed by atoms with Gasteiger partial charge in [0.15, 0.2) is 0 Å². The van der Waals surface area contributed by atoms with Crippen LogP contribution in [0, 0.1) is 0 Å². The number of hydrogen-bond acceptors (Lipinski definition) is 8. The summed E-state index contributed by atoms with van der Waals surface area (Å²) in [5.74, 6) is -2.39. The number of carbonyl (C=O) groups is 4. The van der Waals surface area contributed by atoms with Crippen LogP contribution in [0.1, 0.15) is 60.2 Å². The Balaban J connectivity index is 1.91. The first-order valence-electron chi connectivity index (χ1n) is 12.1. The standard InChI is InChI=1S/C28H28Br2O8/c1-17-4-3-5-25(31)36-18(2)16-24(38-28(34)20-8-12-22(30)13-9-20)23(14-15-26(32)35-17)37-27(33)19-6-10-21(29)11-7-19/h3,5-13,17-18,23-24H,4,14-16H2,1-2H3/b5-3+/t17-,18-,23?,24-/m1/s1. The zero-order valence-electron chi connectivity index (χ0n) is 20.9. The van der Waals surface area contributed by atoms with E-state index in [1.807, 2.05) is 0 Å². The van der Waals surface area contributed by atoms with E-state index in [0.29, 0.717) is 6.42 Å². The van der Waals surface area contributed by atoms with Gasteiger partial charge < -0.3 is 18.9 Å². The van der Waals surface area contributed by atoms with Crippen molar-refractivity contribution in [3.05, 3.63) is 80.8 Å². The van der Waals surface area contributed by atoms with Crippen LogP contribution in [0.15, 0.2) is 69.6 Å². The third-order valence-corrected chi connectivity index (χ3v) is 6.72. The summed E-state index contributed by atoms with van der Waals surface area (Å²) in [4.78, 5) is 50.8. The van der Waals surface area contributed by atoms with Crippen LogP contribution >= 0.6 is 31.9 Å². The minimum absolute atomic E-state index is 0.0304. The van der Waals surface area contributed by atoms with Crippen LogP contribution in [0.2, 0.25) is 0 Å². The van der Waals surface area contributed by atoms with Gasteiger partial charge in [0.05, 0.1) is 11.1 Å². The maximum atomic E-state index is 13.0. The van der Waals surface area contributed by atoms with Crippen LogP contribution in [0.25, 0.3) is 0 Å². The highest BCUT2D eigenvalue weighted by Gasteiger charge is 2.33. The van der Waals surface area contributed by atoms with Gasteiger partial charge in [-0.3, -0.25) is 4.79 Å². The molecule has 10 heteroatoms. The van der Waals surface area contributed by atoms with E-state index in [-0.39, 0.29) is 30.4 Å². The van der Waals surface area contributed by atoms with E-state index >= 15 is 0 Å². The van der Waals surface area contributed by atoms with Crippen LogP contribution in [-0.2, 0) is 28.5 Å². The lowest BCUT2D eigenvalue weighted by Crippen LogP contribution is -2.39. The molecule has 1 aliphatic heterocycles. The van der Waals surface area contributed by atoms with E-state index in [2.05, 4.69) is 31.9 Å². The Morgan fingerprint density at radius 1 is 0.789 bits per heavy atom. The number of rotatable bonds is 4. The average Bonchev–Trinajstić information content (AvgIpc) is 2.86. The van der Waals surface area contributed by atoms with Gasteiger partial charge in [-0.1, -0.05) is 37.9 Å². The third kappa shape index (κ3) is 9.40. The lowest BCUT2D eigenvalue weighted by molar-refractivity contribution is -0.149. The molecule has 38 heavy (non-hydrogen) atoms. The summed E-state index contributed by atoms with van der Waals surface area (Å²) in [6.45, 7) is 3.36. The number of esters is 4. The highest BCUT2D eigenvalue weighted by Crippen LogP contribution is 2.23. The lowest BCUT2D eigenvalue weighted by Gasteiger charge is -2.29. The molecule has 202 valence electrons. The molecule has 1 heterocycles. The Kier molecular flexibility index (Phi) is 11.1. The Morgan fingerprint density at radius 3 is 1.87 bits per heavy atom. The first kappa shape index (κ1) is 29.6. The van der Waals surface area contributed by atoms with Crippen molar-refractivity contribution in [2.45, 2.75) is 63.9 Å². The minimum Gasteiger partial charge on any atom is -0.462 e. The molecule has 0 N–H and O–H groups in total. The minimum atomic E-state index is -1.02. The summed E-state index contributed by atoms with van der Waals surface area (Å²) in [5, 5.41) is 0. The van der Waals surface area contributed by atoms with E-state index < -0.39 is 48.3 Å². The number of ether oxygens (including phenoxy) is 4. The van der Waals surface area contributed by atoms with Crippen molar-refractivity contribution in [2.24, 2.45) is 0 Å². The summed E-state index contributed by atoms with van der Waals surface area (Å²) in [6, 6.07) is 13.1. The molecule has 0 radical (unpaired) electrons. The second-order valence-corrected chi connectivity index (χ2v) is 10.7. The fourth-order valence-corrected chi connectivity index (χ4v) is 4.27. The summed E-state index contributed by atoms with van der Waals surface area (Å²) < 4.78 is 24.0. The molecule has 8 nitrogen and oxygen atoms in total. The normalized spacial score (nSPS) is 23.8. The van der Waals surface area contributed by atoms with Crippen molar-refractivity contribution in [2.75, 3.05) is 0 Å².